The molecular formula is C17H16BrFO. The molecule has 104 valence electrons. The Morgan fingerprint density at radius 1 is 1.15 bits per heavy atom. The van der Waals surface area contributed by atoms with Gasteiger partial charge in [0, 0.05) is 15.6 Å². The van der Waals surface area contributed by atoms with E-state index in [1.165, 1.54) is 23.8 Å². The normalized spacial score (nSPS) is 10.8. The van der Waals surface area contributed by atoms with E-state index in [2.05, 4.69) is 29.8 Å². The molecule has 1 nitrogen and oxygen atoms in total. The van der Waals surface area contributed by atoms with Crippen LogP contribution < -0.4 is 0 Å². The maximum absolute atomic E-state index is 13.0. The number of hydrogen-bond acceptors (Lipinski definition) is 1. The van der Waals surface area contributed by atoms with E-state index in [0.717, 1.165) is 6.42 Å². The number of hydrogen-bond donors (Lipinski definition) is 0. The van der Waals surface area contributed by atoms with Crippen molar-refractivity contribution in [2.75, 3.05) is 0 Å². The second-order valence-corrected chi connectivity index (χ2v) is 6.10. The molecule has 0 radical (unpaired) electrons. The molecule has 2 aromatic rings. The molecule has 0 spiro atoms. The predicted octanol–water partition coefficient (Wildman–Crippen LogP) is 5.02. The van der Waals surface area contributed by atoms with E-state index in [1.54, 1.807) is 0 Å². The molecule has 0 fully saturated rings. The summed E-state index contributed by atoms with van der Waals surface area (Å²) in [6, 6.07) is 11.7. The average molecular weight is 335 g/mol. The van der Waals surface area contributed by atoms with Gasteiger partial charge < -0.3 is 0 Å². The zero-order valence-electron chi connectivity index (χ0n) is 11.5. The molecule has 0 aliphatic carbocycles. The monoisotopic (exact) mass is 334 g/mol. The van der Waals surface area contributed by atoms with Gasteiger partial charge in [-0.3, -0.25) is 4.79 Å². The van der Waals surface area contributed by atoms with Crippen molar-refractivity contribution in [1.29, 1.82) is 0 Å². The zero-order valence-corrected chi connectivity index (χ0v) is 13.1. The summed E-state index contributed by atoms with van der Waals surface area (Å²) in [6.07, 6.45) is 0.995. The molecule has 0 aromatic heterocycles. The lowest BCUT2D eigenvalue weighted by molar-refractivity contribution is 0.103. The molecule has 0 saturated carbocycles. The molecule has 0 N–H and O–H groups in total. The molecule has 2 rings (SSSR count). The van der Waals surface area contributed by atoms with E-state index in [0.29, 0.717) is 21.5 Å². The first-order valence-corrected chi connectivity index (χ1v) is 7.35. The summed E-state index contributed by atoms with van der Waals surface area (Å²) in [5, 5.41) is 0. The van der Waals surface area contributed by atoms with Crippen molar-refractivity contribution < 1.29 is 9.18 Å². The summed E-state index contributed by atoms with van der Waals surface area (Å²) in [7, 11) is 0. The molecular weight excluding hydrogens is 319 g/mol. The maximum atomic E-state index is 13.0. The molecule has 0 heterocycles. The van der Waals surface area contributed by atoms with Crippen molar-refractivity contribution >= 4 is 21.7 Å². The predicted molar refractivity (Wildman–Crippen MR) is 82.5 cm³/mol. The Kier molecular flexibility index (Phi) is 4.71. The number of rotatable bonds is 4. The van der Waals surface area contributed by atoms with Gasteiger partial charge in [0.25, 0.3) is 0 Å². The summed E-state index contributed by atoms with van der Waals surface area (Å²) >= 11 is 3.23. The smallest absolute Gasteiger partial charge is 0.194 e. The van der Waals surface area contributed by atoms with Crippen LogP contribution in [-0.2, 0) is 6.42 Å². The van der Waals surface area contributed by atoms with Crippen LogP contribution in [0.15, 0.2) is 46.9 Å². The van der Waals surface area contributed by atoms with E-state index in [9.17, 15) is 9.18 Å². The number of carbonyl (C=O) groups is 1. The standard InChI is InChI=1S/C17H16BrFO/c1-11(2)9-12-3-5-13(6-4-12)17(20)15-8-7-14(19)10-16(15)18/h3-8,10-11H,9H2,1-2H3. The molecule has 0 bridgehead atoms. The Morgan fingerprint density at radius 3 is 2.35 bits per heavy atom. The highest BCUT2D eigenvalue weighted by Crippen LogP contribution is 2.21. The van der Waals surface area contributed by atoms with Crippen molar-refractivity contribution in [3.8, 4) is 0 Å². The molecule has 0 aliphatic heterocycles. The highest BCUT2D eigenvalue weighted by molar-refractivity contribution is 9.10. The van der Waals surface area contributed by atoms with Gasteiger partial charge in [0.15, 0.2) is 5.78 Å². The molecule has 0 aliphatic rings. The zero-order chi connectivity index (χ0) is 14.7. The lowest BCUT2D eigenvalue weighted by Gasteiger charge is -2.07. The van der Waals surface area contributed by atoms with Gasteiger partial charge in [-0.05, 0) is 52.0 Å². The molecule has 0 atom stereocenters. The third-order valence-corrected chi connectivity index (χ3v) is 3.69. The SMILES string of the molecule is CC(C)Cc1ccc(C(=O)c2ccc(F)cc2Br)cc1. The Morgan fingerprint density at radius 2 is 1.80 bits per heavy atom. The fourth-order valence-corrected chi connectivity index (χ4v) is 2.62. The number of ketones is 1. The van der Waals surface area contributed by atoms with Gasteiger partial charge in [0.05, 0.1) is 0 Å². The average Bonchev–Trinajstić information content (AvgIpc) is 2.38. The van der Waals surface area contributed by atoms with Gasteiger partial charge in [-0.2, -0.15) is 0 Å². The number of benzene rings is 2. The Labute approximate surface area is 127 Å². The lowest BCUT2D eigenvalue weighted by atomic mass is 9.98. The largest absolute Gasteiger partial charge is 0.289 e. The van der Waals surface area contributed by atoms with Gasteiger partial charge >= 0.3 is 0 Å². The van der Waals surface area contributed by atoms with Crippen molar-refractivity contribution in [3.05, 3.63) is 69.4 Å². The molecule has 0 unspecified atom stereocenters. The Balaban J connectivity index is 2.25. The van der Waals surface area contributed by atoms with E-state index < -0.39 is 0 Å². The summed E-state index contributed by atoms with van der Waals surface area (Å²) in [6.45, 7) is 4.32. The minimum absolute atomic E-state index is 0.104. The second kappa shape index (κ2) is 6.31. The Bertz CT molecular complexity index is 617. The first-order valence-electron chi connectivity index (χ1n) is 6.56. The van der Waals surface area contributed by atoms with Gasteiger partial charge in [-0.1, -0.05) is 38.1 Å². The van der Waals surface area contributed by atoms with Crippen LogP contribution in [0.25, 0.3) is 0 Å². The maximum Gasteiger partial charge on any atom is 0.194 e. The molecule has 20 heavy (non-hydrogen) atoms. The van der Waals surface area contributed by atoms with Crippen LogP contribution >= 0.6 is 15.9 Å². The van der Waals surface area contributed by atoms with Gasteiger partial charge in [0.2, 0.25) is 0 Å². The summed E-state index contributed by atoms with van der Waals surface area (Å²) in [4.78, 5) is 12.4. The molecule has 2 aromatic carbocycles. The number of halogens is 2. The van der Waals surface area contributed by atoms with Crippen molar-refractivity contribution in [2.24, 2.45) is 5.92 Å². The van der Waals surface area contributed by atoms with Gasteiger partial charge in [0.1, 0.15) is 5.82 Å². The lowest BCUT2D eigenvalue weighted by Crippen LogP contribution is -2.03. The van der Waals surface area contributed by atoms with Crippen LogP contribution in [0.3, 0.4) is 0 Å². The van der Waals surface area contributed by atoms with E-state index in [1.807, 2.05) is 24.3 Å². The van der Waals surface area contributed by atoms with Gasteiger partial charge in [-0.15, -0.1) is 0 Å². The van der Waals surface area contributed by atoms with Crippen LogP contribution in [0.5, 0.6) is 0 Å². The minimum Gasteiger partial charge on any atom is -0.289 e. The third-order valence-electron chi connectivity index (χ3n) is 3.04. The second-order valence-electron chi connectivity index (χ2n) is 5.25. The van der Waals surface area contributed by atoms with Crippen molar-refractivity contribution in [3.63, 3.8) is 0 Å². The summed E-state index contributed by atoms with van der Waals surface area (Å²) in [5.74, 6) is 0.122. The molecule has 0 saturated heterocycles. The third kappa shape index (κ3) is 3.54. The summed E-state index contributed by atoms with van der Waals surface area (Å²) < 4.78 is 13.5. The van der Waals surface area contributed by atoms with Crippen molar-refractivity contribution in [1.82, 2.24) is 0 Å². The topological polar surface area (TPSA) is 17.1 Å². The first-order chi connectivity index (χ1) is 9.47. The highest BCUT2D eigenvalue weighted by atomic mass is 79.9. The fraction of sp³-hybridized carbons (Fsp3) is 0.235. The van der Waals surface area contributed by atoms with Crippen LogP contribution in [0.2, 0.25) is 0 Å². The molecule has 3 heteroatoms. The van der Waals surface area contributed by atoms with Crippen LogP contribution in [0.1, 0.15) is 35.3 Å². The number of carbonyl (C=O) groups excluding carboxylic acids is 1. The minimum atomic E-state index is -0.360. The van der Waals surface area contributed by atoms with Crippen LogP contribution in [0.4, 0.5) is 4.39 Å². The highest BCUT2D eigenvalue weighted by Gasteiger charge is 2.13. The van der Waals surface area contributed by atoms with Gasteiger partial charge in [-0.25, -0.2) is 4.39 Å². The van der Waals surface area contributed by atoms with E-state index >= 15 is 0 Å². The Hall–Kier alpha value is -1.48. The first kappa shape index (κ1) is 14.9. The van der Waals surface area contributed by atoms with Crippen molar-refractivity contribution in [2.45, 2.75) is 20.3 Å². The van der Waals surface area contributed by atoms with Crippen LogP contribution in [0, 0.1) is 11.7 Å². The van der Waals surface area contributed by atoms with E-state index in [-0.39, 0.29) is 11.6 Å². The fourth-order valence-electron chi connectivity index (χ4n) is 2.09. The van der Waals surface area contributed by atoms with Crippen LogP contribution in [-0.4, -0.2) is 5.78 Å². The summed E-state index contributed by atoms with van der Waals surface area (Å²) in [5.41, 5.74) is 2.31. The quantitative estimate of drug-likeness (QED) is 0.717. The molecule has 0 amide bonds. The van der Waals surface area contributed by atoms with E-state index in [4.69, 9.17) is 0 Å².